The Bertz CT molecular complexity index is 959. The molecule has 0 aliphatic heterocycles. The number of carbonyl (C=O) groups excluding carboxylic acids is 6. The van der Waals surface area contributed by atoms with Crippen LogP contribution in [0.15, 0.2) is 0 Å². The molecule has 0 aliphatic rings. The van der Waals surface area contributed by atoms with E-state index in [4.69, 9.17) is 0 Å². The van der Waals surface area contributed by atoms with Gasteiger partial charge in [0.05, 0.1) is 6.04 Å². The van der Waals surface area contributed by atoms with Crippen LogP contribution in [0.2, 0.25) is 0 Å². The highest BCUT2D eigenvalue weighted by molar-refractivity contribution is 7.98. The molecule has 254 valence electrons. The molecular formula is C32H59N5O6S. The predicted octanol–water partition coefficient (Wildman–Crippen LogP) is 2.96. The largest absolute Gasteiger partial charge is 0.345 e. The molecule has 0 aromatic carbocycles. The molecule has 0 saturated carbocycles. The van der Waals surface area contributed by atoms with E-state index in [0.29, 0.717) is 31.4 Å². The molecule has 0 radical (unpaired) electrons. The summed E-state index contributed by atoms with van der Waals surface area (Å²) in [5, 5.41) is 14.0. The van der Waals surface area contributed by atoms with Crippen LogP contribution in [0.3, 0.4) is 0 Å². The first kappa shape index (κ1) is 41.4. The number of hydrogen-bond acceptors (Lipinski definition) is 7. The Balaban J connectivity index is 6.00. The Morgan fingerprint density at radius 2 is 1.07 bits per heavy atom. The number of thioether (sulfide) groups is 1. The summed E-state index contributed by atoms with van der Waals surface area (Å²) >= 11 is 1.54. The van der Waals surface area contributed by atoms with Crippen LogP contribution >= 0.6 is 11.8 Å². The van der Waals surface area contributed by atoms with Gasteiger partial charge in [-0.3, -0.25) is 28.8 Å². The van der Waals surface area contributed by atoms with Gasteiger partial charge in [0.25, 0.3) is 0 Å². The van der Waals surface area contributed by atoms with E-state index in [0.717, 1.165) is 0 Å². The van der Waals surface area contributed by atoms with Gasteiger partial charge in [0, 0.05) is 13.3 Å². The Morgan fingerprint density at radius 1 is 0.614 bits per heavy atom. The van der Waals surface area contributed by atoms with Crippen molar-refractivity contribution in [1.82, 2.24) is 26.6 Å². The van der Waals surface area contributed by atoms with Crippen molar-refractivity contribution in [2.45, 2.75) is 132 Å². The van der Waals surface area contributed by atoms with Gasteiger partial charge in [-0.15, -0.1) is 0 Å². The molecule has 7 unspecified atom stereocenters. The number of rotatable bonds is 21. The fourth-order valence-corrected chi connectivity index (χ4v) is 5.15. The number of Topliss-reactive ketones (excluding diaryl/α,β-unsaturated/α-hetero) is 1. The molecule has 0 fully saturated rings. The third-order valence-electron chi connectivity index (χ3n) is 7.90. The van der Waals surface area contributed by atoms with Crippen molar-refractivity contribution in [1.29, 1.82) is 0 Å². The number of nitrogens with one attached hydrogen (secondary N) is 5. The van der Waals surface area contributed by atoms with E-state index in [-0.39, 0.29) is 41.8 Å². The van der Waals surface area contributed by atoms with E-state index in [1.54, 1.807) is 32.5 Å². The standard InChI is InChI=1S/C32H59N5O6S/c1-12-20(8)27(31(42)34-24(17-18(4)5)25(39)14-3)37-30(41)26(19(6)7)35-32(43)28(21(9)13-2)36-29(40)23(15-16-44-11)33-22(10)38/h18-21,23-24,26-28H,12-17H2,1-11H3,(H,33,38)(H,34,42)(H,35,43)(H,36,40)(H,37,41). The Kier molecular flexibility index (Phi) is 19.9. The van der Waals surface area contributed by atoms with E-state index in [9.17, 15) is 28.8 Å². The van der Waals surface area contributed by atoms with Crippen molar-refractivity contribution in [2.75, 3.05) is 12.0 Å². The average Bonchev–Trinajstić information content (AvgIpc) is 2.96. The number of hydrogen-bond donors (Lipinski definition) is 5. The summed E-state index contributed by atoms with van der Waals surface area (Å²) in [6.07, 6.45) is 4.26. The normalized spacial score (nSPS) is 16.1. The maximum absolute atomic E-state index is 13.6. The molecule has 7 atom stereocenters. The van der Waals surface area contributed by atoms with Gasteiger partial charge in [0.1, 0.15) is 24.2 Å². The Hall–Kier alpha value is -2.63. The van der Waals surface area contributed by atoms with E-state index in [1.165, 1.54) is 6.92 Å². The van der Waals surface area contributed by atoms with Crippen molar-refractivity contribution in [3.63, 3.8) is 0 Å². The number of ketones is 1. The minimum atomic E-state index is -0.989. The molecule has 0 heterocycles. The minimum Gasteiger partial charge on any atom is -0.345 e. The second-order valence-electron chi connectivity index (χ2n) is 12.5. The first-order valence-electron chi connectivity index (χ1n) is 16.0. The highest BCUT2D eigenvalue weighted by Gasteiger charge is 2.36. The van der Waals surface area contributed by atoms with Crippen molar-refractivity contribution >= 4 is 47.1 Å². The molecule has 0 spiro atoms. The summed E-state index contributed by atoms with van der Waals surface area (Å²) in [5.74, 6) is -2.38. The summed E-state index contributed by atoms with van der Waals surface area (Å²) in [5.41, 5.74) is 0. The first-order valence-corrected chi connectivity index (χ1v) is 17.4. The van der Waals surface area contributed by atoms with Crippen molar-refractivity contribution < 1.29 is 28.8 Å². The monoisotopic (exact) mass is 641 g/mol. The lowest BCUT2D eigenvalue weighted by molar-refractivity contribution is -0.136. The van der Waals surface area contributed by atoms with Crippen molar-refractivity contribution in [3.05, 3.63) is 0 Å². The van der Waals surface area contributed by atoms with E-state index >= 15 is 0 Å². The lowest BCUT2D eigenvalue weighted by Gasteiger charge is -2.31. The fourth-order valence-electron chi connectivity index (χ4n) is 4.68. The Morgan fingerprint density at radius 3 is 1.48 bits per heavy atom. The molecule has 0 rings (SSSR count). The smallest absolute Gasteiger partial charge is 0.243 e. The fraction of sp³-hybridized carbons (Fsp3) is 0.812. The topological polar surface area (TPSA) is 163 Å². The summed E-state index contributed by atoms with van der Waals surface area (Å²) in [6, 6.07) is -4.29. The average molecular weight is 642 g/mol. The third kappa shape index (κ3) is 14.4. The molecule has 0 aromatic rings. The molecule has 0 bridgehead atoms. The van der Waals surface area contributed by atoms with Crippen molar-refractivity contribution in [3.8, 4) is 0 Å². The van der Waals surface area contributed by atoms with Crippen LogP contribution in [-0.4, -0.2) is 77.5 Å². The van der Waals surface area contributed by atoms with E-state index in [1.807, 2.05) is 47.8 Å². The van der Waals surface area contributed by atoms with Crippen LogP contribution in [0.25, 0.3) is 0 Å². The van der Waals surface area contributed by atoms with Gasteiger partial charge in [-0.25, -0.2) is 0 Å². The van der Waals surface area contributed by atoms with Gasteiger partial charge >= 0.3 is 0 Å². The molecule has 0 aliphatic carbocycles. The molecule has 11 nitrogen and oxygen atoms in total. The lowest BCUT2D eigenvalue weighted by Crippen LogP contribution is -2.61. The zero-order chi connectivity index (χ0) is 34.1. The zero-order valence-corrected chi connectivity index (χ0v) is 29.6. The SMILES string of the molecule is CCC(=O)C(CC(C)C)NC(=O)C(NC(=O)C(NC(=O)C(NC(=O)C(CCSC)NC(C)=O)C(C)CC)C(C)C)C(C)CC. The van der Waals surface area contributed by atoms with Crippen LogP contribution in [0, 0.1) is 23.7 Å². The predicted molar refractivity (Wildman–Crippen MR) is 177 cm³/mol. The summed E-state index contributed by atoms with van der Waals surface area (Å²) in [6.45, 7) is 18.1. The van der Waals surface area contributed by atoms with Gasteiger partial charge in [-0.2, -0.15) is 11.8 Å². The summed E-state index contributed by atoms with van der Waals surface area (Å²) in [4.78, 5) is 78.1. The molecule has 44 heavy (non-hydrogen) atoms. The van der Waals surface area contributed by atoms with Crippen molar-refractivity contribution in [2.24, 2.45) is 23.7 Å². The quantitative estimate of drug-likeness (QED) is 0.129. The van der Waals surface area contributed by atoms with Gasteiger partial charge in [-0.05, 0) is 48.5 Å². The number of carbonyl (C=O) groups is 6. The van der Waals surface area contributed by atoms with Gasteiger partial charge in [0.15, 0.2) is 5.78 Å². The highest BCUT2D eigenvalue weighted by Crippen LogP contribution is 2.15. The van der Waals surface area contributed by atoms with Gasteiger partial charge in [-0.1, -0.05) is 75.2 Å². The zero-order valence-electron chi connectivity index (χ0n) is 28.8. The molecular weight excluding hydrogens is 582 g/mol. The van der Waals surface area contributed by atoms with Crippen LogP contribution < -0.4 is 26.6 Å². The molecule has 0 saturated heterocycles. The highest BCUT2D eigenvalue weighted by atomic mass is 32.2. The molecule has 5 amide bonds. The van der Waals surface area contributed by atoms with Gasteiger partial charge in [0.2, 0.25) is 29.5 Å². The maximum atomic E-state index is 13.6. The van der Waals surface area contributed by atoms with E-state index in [2.05, 4.69) is 26.6 Å². The second-order valence-corrected chi connectivity index (χ2v) is 13.5. The first-order chi connectivity index (χ1) is 20.5. The van der Waals surface area contributed by atoms with Crippen LogP contribution in [0.5, 0.6) is 0 Å². The molecule has 0 aromatic heterocycles. The summed E-state index contributed by atoms with van der Waals surface area (Å²) in [7, 11) is 0. The molecule has 12 heteroatoms. The van der Waals surface area contributed by atoms with Crippen LogP contribution in [0.4, 0.5) is 0 Å². The third-order valence-corrected chi connectivity index (χ3v) is 8.54. The van der Waals surface area contributed by atoms with Gasteiger partial charge < -0.3 is 26.6 Å². The van der Waals surface area contributed by atoms with Crippen LogP contribution in [-0.2, 0) is 28.8 Å². The lowest BCUT2D eigenvalue weighted by atomic mass is 9.94. The van der Waals surface area contributed by atoms with Crippen LogP contribution in [0.1, 0.15) is 101 Å². The maximum Gasteiger partial charge on any atom is 0.243 e. The Labute approximate surface area is 269 Å². The minimum absolute atomic E-state index is 0.0686. The summed E-state index contributed by atoms with van der Waals surface area (Å²) < 4.78 is 0. The van der Waals surface area contributed by atoms with E-state index < -0.39 is 53.8 Å². The second kappa shape index (κ2) is 21.2. The molecule has 5 N–H and O–H groups in total. The number of amides is 5.